The highest BCUT2D eigenvalue weighted by Gasteiger charge is 2.35. The zero-order valence-electron chi connectivity index (χ0n) is 19.5. The molecule has 6 nitrogen and oxygen atoms in total. The predicted octanol–water partition coefficient (Wildman–Crippen LogP) is 5.04. The molecule has 1 aromatic heterocycles. The quantitative estimate of drug-likeness (QED) is 0.283. The number of nitrogens with one attached hydrogen (secondary N) is 2. The lowest BCUT2D eigenvalue weighted by atomic mass is 9.78. The first kappa shape index (κ1) is 26.6. The fraction of sp³-hybridized carbons (Fsp3) is 0.583. The van der Waals surface area contributed by atoms with Crippen molar-refractivity contribution in [1.29, 1.82) is 0 Å². The van der Waals surface area contributed by atoms with E-state index in [1.807, 2.05) is 0 Å². The van der Waals surface area contributed by atoms with E-state index in [2.05, 4.69) is 43.3 Å². The van der Waals surface area contributed by atoms with Crippen LogP contribution in [-0.2, 0) is 11.2 Å². The third-order valence-electron chi connectivity index (χ3n) is 5.44. The molecular weight excluding hydrogens is 522 g/mol. The summed E-state index contributed by atoms with van der Waals surface area (Å²) in [6.45, 7) is 11.8. The van der Waals surface area contributed by atoms with Gasteiger partial charge in [-0.05, 0) is 49.4 Å². The van der Waals surface area contributed by atoms with Crippen molar-refractivity contribution in [3.8, 4) is 11.5 Å². The standard InChI is InChI=1S/C24H35FN4O2.HI/c1-5-26-23(28-15-18-7-6-14-30-21(18)24(2,3)4)27-13-12-20-16-31-22(29-20)17-8-10-19(25)11-9-17;/h8-11,16,18,21H,5-7,12-15H2,1-4H3,(H2,26,27,28);1H. The lowest BCUT2D eigenvalue weighted by molar-refractivity contribution is -0.0823. The number of aliphatic imine (C=N–C) groups is 1. The first-order valence-corrected chi connectivity index (χ1v) is 11.2. The van der Waals surface area contributed by atoms with Crippen molar-refractivity contribution in [2.75, 3.05) is 26.2 Å². The molecule has 2 heterocycles. The number of aromatic nitrogens is 1. The zero-order valence-corrected chi connectivity index (χ0v) is 21.8. The van der Waals surface area contributed by atoms with Gasteiger partial charge in [0.25, 0.3) is 0 Å². The Morgan fingerprint density at radius 1 is 1.22 bits per heavy atom. The summed E-state index contributed by atoms with van der Waals surface area (Å²) in [5.41, 5.74) is 1.72. The summed E-state index contributed by atoms with van der Waals surface area (Å²) in [6, 6.07) is 6.14. The van der Waals surface area contributed by atoms with Crippen LogP contribution in [0.25, 0.3) is 11.5 Å². The number of oxazole rings is 1. The fourth-order valence-electron chi connectivity index (χ4n) is 3.99. The van der Waals surface area contributed by atoms with Crippen LogP contribution in [0.5, 0.6) is 0 Å². The zero-order chi connectivity index (χ0) is 22.3. The first-order valence-electron chi connectivity index (χ1n) is 11.2. The van der Waals surface area contributed by atoms with Gasteiger partial charge < -0.3 is 19.8 Å². The number of rotatable bonds is 7. The number of nitrogens with zero attached hydrogens (tertiary/aromatic N) is 2. The van der Waals surface area contributed by atoms with Crippen molar-refractivity contribution in [3.05, 3.63) is 42.0 Å². The number of guanidine groups is 1. The summed E-state index contributed by atoms with van der Waals surface area (Å²) >= 11 is 0. The van der Waals surface area contributed by atoms with Crippen LogP contribution < -0.4 is 10.6 Å². The molecule has 0 amide bonds. The van der Waals surface area contributed by atoms with E-state index in [0.717, 1.165) is 49.8 Å². The van der Waals surface area contributed by atoms with Crippen LogP contribution in [0.1, 0.15) is 46.2 Å². The van der Waals surface area contributed by atoms with E-state index in [1.165, 1.54) is 12.1 Å². The van der Waals surface area contributed by atoms with Gasteiger partial charge in [-0.1, -0.05) is 20.8 Å². The molecule has 2 N–H and O–H groups in total. The normalized spacial score (nSPS) is 19.3. The van der Waals surface area contributed by atoms with Gasteiger partial charge in [0, 0.05) is 44.1 Å². The van der Waals surface area contributed by atoms with E-state index in [-0.39, 0.29) is 41.3 Å². The van der Waals surface area contributed by atoms with Crippen LogP contribution in [0.3, 0.4) is 0 Å². The Kier molecular flexibility index (Phi) is 10.4. The summed E-state index contributed by atoms with van der Waals surface area (Å²) < 4.78 is 24.7. The van der Waals surface area contributed by atoms with Crippen LogP contribution in [0.2, 0.25) is 0 Å². The monoisotopic (exact) mass is 558 g/mol. The second-order valence-corrected chi connectivity index (χ2v) is 9.11. The topological polar surface area (TPSA) is 71.7 Å². The number of hydrogen-bond acceptors (Lipinski definition) is 4. The van der Waals surface area contributed by atoms with Gasteiger partial charge in [-0.15, -0.1) is 24.0 Å². The summed E-state index contributed by atoms with van der Waals surface area (Å²) in [7, 11) is 0. The Labute approximate surface area is 207 Å². The van der Waals surface area contributed by atoms with Gasteiger partial charge >= 0.3 is 0 Å². The minimum absolute atomic E-state index is 0. The molecule has 8 heteroatoms. The third kappa shape index (κ3) is 7.72. The van der Waals surface area contributed by atoms with Gasteiger partial charge in [-0.25, -0.2) is 9.37 Å². The molecular formula is C24H36FIN4O2. The second-order valence-electron chi connectivity index (χ2n) is 9.11. The van der Waals surface area contributed by atoms with Gasteiger partial charge in [0.1, 0.15) is 12.1 Å². The van der Waals surface area contributed by atoms with Crippen molar-refractivity contribution in [2.45, 2.75) is 53.1 Å². The molecule has 1 saturated heterocycles. The van der Waals surface area contributed by atoms with Crippen LogP contribution in [0.15, 0.2) is 39.9 Å². The largest absolute Gasteiger partial charge is 0.444 e. The number of benzene rings is 1. The van der Waals surface area contributed by atoms with Gasteiger partial charge in [0.2, 0.25) is 5.89 Å². The SMILES string of the molecule is CCNC(=NCC1CCCOC1C(C)(C)C)NCCc1coc(-c2ccc(F)cc2)n1.I. The molecule has 32 heavy (non-hydrogen) atoms. The van der Waals surface area contributed by atoms with E-state index in [1.54, 1.807) is 18.4 Å². The van der Waals surface area contributed by atoms with Crippen molar-refractivity contribution in [2.24, 2.45) is 16.3 Å². The van der Waals surface area contributed by atoms with Gasteiger partial charge in [0.15, 0.2) is 5.96 Å². The molecule has 1 fully saturated rings. The number of halogens is 2. The van der Waals surface area contributed by atoms with Crippen LogP contribution in [0, 0.1) is 17.2 Å². The molecule has 0 aliphatic carbocycles. The molecule has 0 spiro atoms. The Bertz CT molecular complexity index is 848. The third-order valence-corrected chi connectivity index (χ3v) is 5.44. The predicted molar refractivity (Wildman–Crippen MR) is 137 cm³/mol. The molecule has 2 aromatic rings. The maximum Gasteiger partial charge on any atom is 0.226 e. The number of hydrogen-bond donors (Lipinski definition) is 2. The molecule has 0 saturated carbocycles. The molecule has 0 bridgehead atoms. The van der Waals surface area contributed by atoms with Crippen molar-refractivity contribution in [1.82, 2.24) is 15.6 Å². The van der Waals surface area contributed by atoms with E-state index in [0.29, 0.717) is 24.8 Å². The Morgan fingerprint density at radius 3 is 2.66 bits per heavy atom. The van der Waals surface area contributed by atoms with E-state index >= 15 is 0 Å². The van der Waals surface area contributed by atoms with Crippen molar-refractivity contribution >= 4 is 29.9 Å². The average molecular weight is 558 g/mol. The Morgan fingerprint density at radius 2 is 1.97 bits per heavy atom. The summed E-state index contributed by atoms with van der Waals surface area (Å²) in [5.74, 6) is 1.46. The van der Waals surface area contributed by atoms with E-state index in [9.17, 15) is 4.39 Å². The van der Waals surface area contributed by atoms with E-state index < -0.39 is 0 Å². The molecule has 3 rings (SSSR count). The molecule has 1 aliphatic heterocycles. The minimum atomic E-state index is -0.274. The lowest BCUT2D eigenvalue weighted by Crippen LogP contribution is -2.43. The highest BCUT2D eigenvalue weighted by Crippen LogP contribution is 2.34. The van der Waals surface area contributed by atoms with Gasteiger partial charge in [-0.2, -0.15) is 0 Å². The molecule has 1 aliphatic rings. The maximum atomic E-state index is 13.1. The summed E-state index contributed by atoms with van der Waals surface area (Å²) in [4.78, 5) is 9.33. The fourth-order valence-corrected chi connectivity index (χ4v) is 3.99. The van der Waals surface area contributed by atoms with Gasteiger partial charge in [0.05, 0.1) is 11.8 Å². The molecule has 1 aromatic carbocycles. The highest BCUT2D eigenvalue weighted by atomic mass is 127. The average Bonchev–Trinajstić information content (AvgIpc) is 3.21. The Balaban J connectivity index is 0.00000363. The molecule has 2 unspecified atom stereocenters. The van der Waals surface area contributed by atoms with Crippen LogP contribution in [-0.4, -0.2) is 43.3 Å². The lowest BCUT2D eigenvalue weighted by Gasteiger charge is -2.39. The Hall–Kier alpha value is -1.68. The maximum absolute atomic E-state index is 13.1. The van der Waals surface area contributed by atoms with Gasteiger partial charge in [-0.3, -0.25) is 4.99 Å². The van der Waals surface area contributed by atoms with Crippen molar-refractivity contribution < 1.29 is 13.5 Å². The first-order chi connectivity index (χ1) is 14.9. The molecule has 178 valence electrons. The smallest absolute Gasteiger partial charge is 0.226 e. The summed E-state index contributed by atoms with van der Waals surface area (Å²) in [6.07, 6.45) is 4.83. The minimum Gasteiger partial charge on any atom is -0.444 e. The molecule has 0 radical (unpaired) electrons. The van der Waals surface area contributed by atoms with E-state index in [4.69, 9.17) is 14.1 Å². The number of ether oxygens (including phenoxy) is 1. The van der Waals surface area contributed by atoms with Crippen LogP contribution >= 0.6 is 24.0 Å². The van der Waals surface area contributed by atoms with Crippen LogP contribution in [0.4, 0.5) is 4.39 Å². The molecule has 2 atom stereocenters. The highest BCUT2D eigenvalue weighted by molar-refractivity contribution is 14.0. The summed E-state index contributed by atoms with van der Waals surface area (Å²) in [5, 5.41) is 6.70. The van der Waals surface area contributed by atoms with Crippen molar-refractivity contribution in [3.63, 3.8) is 0 Å². The second kappa shape index (κ2) is 12.5.